The van der Waals surface area contributed by atoms with E-state index in [1.54, 1.807) is 0 Å². The molecule has 0 rings (SSSR count). The number of likely N-dealkylation sites (N-methyl/N-ethyl adjacent to an activating group) is 1. The van der Waals surface area contributed by atoms with Gasteiger partial charge in [-0.15, -0.1) is 0 Å². The van der Waals surface area contributed by atoms with Gasteiger partial charge in [0.15, 0.2) is 0 Å². The van der Waals surface area contributed by atoms with Crippen LogP contribution in [0.2, 0.25) is 0 Å². The Morgan fingerprint density at radius 3 is 2.78 bits per heavy atom. The van der Waals surface area contributed by atoms with E-state index in [-0.39, 0.29) is 0 Å². The van der Waals surface area contributed by atoms with Gasteiger partial charge in [-0.2, -0.15) is 0 Å². The van der Waals surface area contributed by atoms with Crippen molar-refractivity contribution in [1.82, 2.24) is 5.32 Å². The molecule has 0 saturated carbocycles. The molecule has 0 spiro atoms. The first-order valence-corrected chi connectivity index (χ1v) is 3.60. The predicted molar refractivity (Wildman–Crippen MR) is 45.7 cm³/mol. The first kappa shape index (κ1) is 8.63. The van der Waals surface area contributed by atoms with Crippen molar-refractivity contribution in [3.63, 3.8) is 0 Å². The first-order chi connectivity index (χ1) is 4.31. The van der Waals surface area contributed by atoms with Crippen LogP contribution in [0.15, 0.2) is 12.2 Å². The summed E-state index contributed by atoms with van der Waals surface area (Å²) in [5.41, 5.74) is 0. The Balaban J connectivity index is 3.32. The number of allylic oxidation sites excluding steroid dienone is 1. The number of hydrogen-bond acceptors (Lipinski definition) is 1. The van der Waals surface area contributed by atoms with E-state index in [4.69, 9.17) is 12.2 Å². The maximum absolute atomic E-state index is 4.87. The van der Waals surface area contributed by atoms with Crippen molar-refractivity contribution >= 4 is 17.2 Å². The second-order valence-corrected chi connectivity index (χ2v) is 2.25. The van der Waals surface area contributed by atoms with Crippen molar-refractivity contribution in [1.29, 1.82) is 0 Å². The Morgan fingerprint density at radius 2 is 2.33 bits per heavy atom. The Kier molecular flexibility index (Phi) is 5.52. The third-order valence-corrected chi connectivity index (χ3v) is 1.31. The van der Waals surface area contributed by atoms with Gasteiger partial charge in [0, 0.05) is 7.05 Å². The average molecular weight is 143 g/mol. The summed E-state index contributed by atoms with van der Waals surface area (Å²) in [4.78, 5) is 0.809. The molecule has 52 valence electrons. The summed E-state index contributed by atoms with van der Waals surface area (Å²) >= 11 is 4.87. The summed E-state index contributed by atoms with van der Waals surface area (Å²) in [6, 6.07) is 0. The standard InChI is InChI=1S/C7H13NS/c1-3-4-5-6-7(9)8-2/h5-6H,3-4H2,1-2H3,(H,8,9)/b6-5-. The molecule has 1 nitrogen and oxygen atoms in total. The highest BCUT2D eigenvalue weighted by molar-refractivity contribution is 7.80. The zero-order chi connectivity index (χ0) is 7.11. The van der Waals surface area contributed by atoms with Gasteiger partial charge in [0.2, 0.25) is 0 Å². The van der Waals surface area contributed by atoms with E-state index < -0.39 is 0 Å². The maximum atomic E-state index is 4.87. The molecule has 0 radical (unpaired) electrons. The Hall–Kier alpha value is -0.370. The Labute approximate surface area is 62.1 Å². The monoisotopic (exact) mass is 143 g/mol. The van der Waals surface area contributed by atoms with Crippen molar-refractivity contribution in [3.05, 3.63) is 12.2 Å². The average Bonchev–Trinajstić information content (AvgIpc) is 1.89. The second kappa shape index (κ2) is 5.76. The molecule has 0 bridgehead atoms. The quantitative estimate of drug-likeness (QED) is 0.478. The molecule has 0 aliphatic rings. The van der Waals surface area contributed by atoms with Crippen molar-refractivity contribution in [2.75, 3.05) is 7.05 Å². The number of thiocarbonyl (C=S) groups is 1. The molecule has 0 saturated heterocycles. The molecule has 0 fully saturated rings. The zero-order valence-corrected chi connectivity index (χ0v) is 6.79. The molecule has 1 N–H and O–H groups in total. The van der Waals surface area contributed by atoms with Gasteiger partial charge in [-0.3, -0.25) is 0 Å². The highest BCUT2D eigenvalue weighted by atomic mass is 32.1. The van der Waals surface area contributed by atoms with Crippen LogP contribution in [0.3, 0.4) is 0 Å². The minimum atomic E-state index is 0.809. The van der Waals surface area contributed by atoms with E-state index in [1.807, 2.05) is 13.1 Å². The van der Waals surface area contributed by atoms with E-state index in [1.165, 1.54) is 6.42 Å². The highest BCUT2D eigenvalue weighted by Gasteiger charge is 1.79. The van der Waals surface area contributed by atoms with E-state index >= 15 is 0 Å². The van der Waals surface area contributed by atoms with Gasteiger partial charge in [-0.1, -0.05) is 31.6 Å². The Morgan fingerprint density at radius 1 is 1.67 bits per heavy atom. The van der Waals surface area contributed by atoms with Crippen molar-refractivity contribution in [3.8, 4) is 0 Å². The summed E-state index contributed by atoms with van der Waals surface area (Å²) in [7, 11) is 1.83. The fraction of sp³-hybridized carbons (Fsp3) is 0.571. The van der Waals surface area contributed by atoms with Crippen molar-refractivity contribution < 1.29 is 0 Å². The van der Waals surface area contributed by atoms with Crippen molar-refractivity contribution in [2.45, 2.75) is 19.8 Å². The van der Waals surface area contributed by atoms with Crippen LogP contribution in [0.25, 0.3) is 0 Å². The number of unbranched alkanes of at least 4 members (excludes halogenated alkanes) is 1. The second-order valence-electron chi connectivity index (χ2n) is 1.81. The summed E-state index contributed by atoms with van der Waals surface area (Å²) in [5, 5.41) is 2.87. The molecule has 9 heavy (non-hydrogen) atoms. The minimum Gasteiger partial charge on any atom is -0.379 e. The lowest BCUT2D eigenvalue weighted by atomic mass is 10.3. The SMILES string of the molecule is CCC/C=C\C(=S)NC. The molecule has 2 heteroatoms. The molecule has 0 aromatic heterocycles. The number of nitrogens with one attached hydrogen (secondary N) is 1. The predicted octanol–water partition coefficient (Wildman–Crippen LogP) is 1.89. The molecule has 0 aliphatic heterocycles. The lowest BCUT2D eigenvalue weighted by Crippen LogP contribution is -2.11. The molecule has 0 heterocycles. The van der Waals surface area contributed by atoms with Gasteiger partial charge in [-0.05, 0) is 12.5 Å². The van der Waals surface area contributed by atoms with Crippen LogP contribution in [0.4, 0.5) is 0 Å². The van der Waals surface area contributed by atoms with Gasteiger partial charge in [0.25, 0.3) is 0 Å². The van der Waals surface area contributed by atoms with E-state index in [0.29, 0.717) is 0 Å². The third kappa shape index (κ3) is 5.50. The topological polar surface area (TPSA) is 12.0 Å². The first-order valence-electron chi connectivity index (χ1n) is 3.19. The molecule has 0 unspecified atom stereocenters. The number of rotatable bonds is 3. The summed E-state index contributed by atoms with van der Waals surface area (Å²) in [6.45, 7) is 2.15. The normalized spacial score (nSPS) is 10.0. The van der Waals surface area contributed by atoms with Gasteiger partial charge in [-0.25, -0.2) is 0 Å². The maximum Gasteiger partial charge on any atom is 0.0982 e. The van der Waals surface area contributed by atoms with E-state index in [9.17, 15) is 0 Å². The largest absolute Gasteiger partial charge is 0.379 e. The summed E-state index contributed by atoms with van der Waals surface area (Å²) < 4.78 is 0. The number of hydrogen-bond donors (Lipinski definition) is 1. The molecule has 0 aliphatic carbocycles. The van der Waals surface area contributed by atoms with Crippen LogP contribution in [-0.4, -0.2) is 12.0 Å². The minimum absolute atomic E-state index is 0.809. The van der Waals surface area contributed by atoms with Crippen LogP contribution in [0, 0.1) is 0 Å². The lowest BCUT2D eigenvalue weighted by molar-refractivity contribution is 0.959. The van der Waals surface area contributed by atoms with Crippen LogP contribution in [-0.2, 0) is 0 Å². The highest BCUT2D eigenvalue weighted by Crippen LogP contribution is 1.87. The van der Waals surface area contributed by atoms with Gasteiger partial charge in [0.05, 0.1) is 4.99 Å². The molecule has 0 aromatic rings. The van der Waals surface area contributed by atoms with E-state index in [0.717, 1.165) is 11.4 Å². The van der Waals surface area contributed by atoms with Crippen LogP contribution >= 0.6 is 12.2 Å². The summed E-state index contributed by atoms with van der Waals surface area (Å²) in [5.74, 6) is 0. The third-order valence-electron chi connectivity index (χ3n) is 0.971. The molecular formula is C7H13NS. The van der Waals surface area contributed by atoms with E-state index in [2.05, 4.69) is 18.3 Å². The fourth-order valence-electron chi connectivity index (χ4n) is 0.440. The van der Waals surface area contributed by atoms with Gasteiger partial charge < -0.3 is 5.32 Å². The zero-order valence-electron chi connectivity index (χ0n) is 5.98. The van der Waals surface area contributed by atoms with Crippen molar-refractivity contribution in [2.24, 2.45) is 0 Å². The van der Waals surface area contributed by atoms with Gasteiger partial charge >= 0.3 is 0 Å². The Bertz CT molecular complexity index is 107. The molecule has 0 amide bonds. The molecule has 0 atom stereocenters. The molecular weight excluding hydrogens is 130 g/mol. The van der Waals surface area contributed by atoms with Crippen LogP contribution < -0.4 is 5.32 Å². The smallest absolute Gasteiger partial charge is 0.0982 e. The van der Waals surface area contributed by atoms with Gasteiger partial charge in [0.1, 0.15) is 0 Å². The fourth-order valence-corrected chi connectivity index (χ4v) is 0.537. The summed E-state index contributed by atoms with van der Waals surface area (Å²) in [6.07, 6.45) is 6.31. The lowest BCUT2D eigenvalue weighted by Gasteiger charge is -1.91. The molecule has 0 aromatic carbocycles. The van der Waals surface area contributed by atoms with Crippen LogP contribution in [0.1, 0.15) is 19.8 Å². The van der Waals surface area contributed by atoms with Crippen LogP contribution in [0.5, 0.6) is 0 Å².